The molecule has 0 unspecified atom stereocenters. The summed E-state index contributed by atoms with van der Waals surface area (Å²) in [5.74, 6) is -0.666. The van der Waals surface area contributed by atoms with Gasteiger partial charge < -0.3 is 10.1 Å². The molecule has 0 heterocycles. The molecule has 0 atom stereocenters. The van der Waals surface area contributed by atoms with E-state index >= 15 is 0 Å². The molecular weight excluding hydrogens is 297 g/mol. The molecule has 6 heteroatoms. The van der Waals surface area contributed by atoms with Crippen LogP contribution in [-0.2, 0) is 4.79 Å². The number of ether oxygens (including phenoxy) is 1. The fraction of sp³-hybridized carbons (Fsp3) is 0.0667. The van der Waals surface area contributed by atoms with Crippen LogP contribution in [0.2, 0.25) is 5.02 Å². The molecule has 1 N–H and O–H groups in total. The monoisotopic (exact) mass is 307 g/mol. The lowest BCUT2D eigenvalue weighted by molar-refractivity contribution is -0.118. The lowest BCUT2D eigenvalue weighted by Crippen LogP contribution is -2.20. The summed E-state index contributed by atoms with van der Waals surface area (Å²) in [6.45, 7) is -0.285. The van der Waals surface area contributed by atoms with Gasteiger partial charge in [-0.05, 0) is 42.5 Å². The maximum Gasteiger partial charge on any atom is 0.262 e. The number of anilines is 1. The van der Waals surface area contributed by atoms with Crippen LogP contribution >= 0.6 is 11.6 Å². The smallest absolute Gasteiger partial charge is 0.262 e. The molecule has 0 spiro atoms. The highest BCUT2D eigenvalue weighted by atomic mass is 35.5. The number of rotatable bonds is 5. The van der Waals surface area contributed by atoms with Crippen LogP contribution in [-0.4, -0.2) is 18.8 Å². The number of nitrogens with one attached hydrogen (secondary N) is 1. The molecule has 21 heavy (non-hydrogen) atoms. The van der Waals surface area contributed by atoms with E-state index in [1.165, 1.54) is 12.1 Å². The molecule has 0 aromatic heterocycles. The number of carbonyl (C=O) groups excluding carboxylic acids is 2. The summed E-state index contributed by atoms with van der Waals surface area (Å²) in [7, 11) is 0. The third-order valence-corrected chi connectivity index (χ3v) is 2.82. The van der Waals surface area contributed by atoms with Gasteiger partial charge in [0, 0.05) is 10.6 Å². The predicted octanol–water partition coefficient (Wildman–Crippen LogP) is 3.31. The Morgan fingerprint density at radius 1 is 1.24 bits per heavy atom. The maximum absolute atomic E-state index is 13.4. The molecular formula is C15H11ClFNO3. The summed E-state index contributed by atoms with van der Waals surface area (Å²) in [5.41, 5.74) is 0.500. The lowest BCUT2D eigenvalue weighted by Gasteiger charge is -2.08. The van der Waals surface area contributed by atoms with Crippen LogP contribution in [0.25, 0.3) is 0 Å². The van der Waals surface area contributed by atoms with E-state index < -0.39 is 11.7 Å². The summed E-state index contributed by atoms with van der Waals surface area (Å²) in [6.07, 6.45) is 0.707. The van der Waals surface area contributed by atoms with Crippen molar-refractivity contribution in [2.75, 3.05) is 11.9 Å². The van der Waals surface area contributed by atoms with E-state index in [2.05, 4.69) is 5.32 Å². The molecule has 0 aliphatic rings. The first-order valence-electron chi connectivity index (χ1n) is 6.01. The molecule has 0 bridgehead atoms. The summed E-state index contributed by atoms with van der Waals surface area (Å²) in [6, 6.07) is 10.1. The molecule has 108 valence electrons. The second-order valence-electron chi connectivity index (χ2n) is 4.15. The van der Waals surface area contributed by atoms with Crippen LogP contribution in [0, 0.1) is 5.82 Å². The Labute approximate surface area is 125 Å². The highest BCUT2D eigenvalue weighted by molar-refractivity contribution is 6.30. The van der Waals surface area contributed by atoms with Crippen molar-refractivity contribution >= 4 is 29.5 Å². The van der Waals surface area contributed by atoms with Crippen LogP contribution in [0.4, 0.5) is 10.1 Å². The van der Waals surface area contributed by atoms with Crippen molar-refractivity contribution in [2.45, 2.75) is 0 Å². The summed E-state index contributed by atoms with van der Waals surface area (Å²) in [5, 5.41) is 2.68. The van der Waals surface area contributed by atoms with Crippen LogP contribution in [0.1, 0.15) is 10.4 Å². The van der Waals surface area contributed by atoms with Crippen LogP contribution in [0.3, 0.4) is 0 Å². The number of hydrogen-bond donors (Lipinski definition) is 1. The lowest BCUT2D eigenvalue weighted by atomic mass is 10.2. The van der Waals surface area contributed by atoms with Gasteiger partial charge in [0.1, 0.15) is 17.9 Å². The zero-order valence-corrected chi connectivity index (χ0v) is 11.6. The van der Waals surface area contributed by atoms with Gasteiger partial charge in [-0.1, -0.05) is 11.6 Å². The number of benzene rings is 2. The predicted molar refractivity (Wildman–Crippen MR) is 77.4 cm³/mol. The molecule has 4 nitrogen and oxygen atoms in total. The minimum atomic E-state index is -0.580. The molecule has 1 amide bonds. The first kappa shape index (κ1) is 15.0. The molecule has 2 rings (SSSR count). The number of carbonyl (C=O) groups is 2. The van der Waals surface area contributed by atoms with Gasteiger partial charge in [-0.25, -0.2) is 4.39 Å². The zero-order valence-electron chi connectivity index (χ0n) is 10.8. The number of aldehydes is 1. The summed E-state index contributed by atoms with van der Waals surface area (Å²) < 4.78 is 18.7. The van der Waals surface area contributed by atoms with E-state index in [1.807, 2.05) is 0 Å². The van der Waals surface area contributed by atoms with Gasteiger partial charge >= 0.3 is 0 Å². The second kappa shape index (κ2) is 6.85. The van der Waals surface area contributed by atoms with Crippen molar-refractivity contribution in [3.63, 3.8) is 0 Å². The average Bonchev–Trinajstić information content (AvgIpc) is 2.49. The van der Waals surface area contributed by atoms with Crippen molar-refractivity contribution in [3.8, 4) is 5.75 Å². The highest BCUT2D eigenvalue weighted by Gasteiger charge is 2.08. The summed E-state index contributed by atoms with van der Waals surface area (Å²) in [4.78, 5) is 22.2. The topological polar surface area (TPSA) is 55.4 Å². The Morgan fingerprint density at radius 3 is 2.62 bits per heavy atom. The fourth-order valence-corrected chi connectivity index (χ4v) is 1.74. The van der Waals surface area contributed by atoms with Gasteiger partial charge in [0.05, 0.1) is 5.69 Å². The standard InChI is InChI=1S/C15H11ClFNO3/c16-11-3-6-13(17)14(7-11)18-15(20)9-21-12-4-1-10(8-19)2-5-12/h1-8H,9H2,(H,18,20). The largest absolute Gasteiger partial charge is 0.484 e. The third kappa shape index (κ3) is 4.29. The second-order valence-corrected chi connectivity index (χ2v) is 4.58. The molecule has 0 aliphatic carbocycles. The summed E-state index contributed by atoms with van der Waals surface area (Å²) >= 11 is 5.72. The first-order chi connectivity index (χ1) is 10.1. The Balaban J connectivity index is 1.92. The van der Waals surface area contributed by atoms with Crippen molar-refractivity contribution < 1.29 is 18.7 Å². The SMILES string of the molecule is O=Cc1ccc(OCC(=O)Nc2cc(Cl)ccc2F)cc1. The van der Waals surface area contributed by atoms with E-state index in [0.29, 0.717) is 22.6 Å². The molecule has 2 aromatic carbocycles. The molecule has 0 saturated heterocycles. The van der Waals surface area contributed by atoms with Crippen LogP contribution in [0.5, 0.6) is 5.75 Å². The van der Waals surface area contributed by atoms with E-state index in [1.54, 1.807) is 24.3 Å². The number of amides is 1. The highest BCUT2D eigenvalue weighted by Crippen LogP contribution is 2.19. The first-order valence-corrected chi connectivity index (χ1v) is 6.39. The fourth-order valence-electron chi connectivity index (χ4n) is 1.57. The maximum atomic E-state index is 13.4. The van der Waals surface area contributed by atoms with Crippen molar-refractivity contribution in [3.05, 3.63) is 58.9 Å². The minimum absolute atomic E-state index is 0.00703. The molecule has 0 saturated carbocycles. The average molecular weight is 308 g/mol. The van der Waals surface area contributed by atoms with E-state index in [9.17, 15) is 14.0 Å². The van der Waals surface area contributed by atoms with Gasteiger partial charge in [-0.2, -0.15) is 0 Å². The van der Waals surface area contributed by atoms with Gasteiger partial charge in [-0.3, -0.25) is 9.59 Å². The van der Waals surface area contributed by atoms with E-state index in [0.717, 1.165) is 6.07 Å². The van der Waals surface area contributed by atoms with Crippen LogP contribution < -0.4 is 10.1 Å². The molecule has 2 aromatic rings. The molecule has 0 aliphatic heterocycles. The Kier molecular flexibility index (Phi) is 4.90. The van der Waals surface area contributed by atoms with Gasteiger partial charge in [0.25, 0.3) is 5.91 Å². The Bertz CT molecular complexity index is 658. The Morgan fingerprint density at radius 2 is 1.95 bits per heavy atom. The minimum Gasteiger partial charge on any atom is -0.484 e. The molecule has 0 radical (unpaired) electrons. The normalized spacial score (nSPS) is 10.0. The Hall–Kier alpha value is -2.40. The van der Waals surface area contributed by atoms with E-state index in [4.69, 9.17) is 16.3 Å². The number of halogens is 2. The van der Waals surface area contributed by atoms with Crippen LogP contribution in [0.15, 0.2) is 42.5 Å². The zero-order chi connectivity index (χ0) is 15.2. The third-order valence-electron chi connectivity index (χ3n) is 2.59. The van der Waals surface area contributed by atoms with Gasteiger partial charge in [0.15, 0.2) is 6.61 Å². The van der Waals surface area contributed by atoms with Gasteiger partial charge in [-0.15, -0.1) is 0 Å². The quantitative estimate of drug-likeness (QED) is 0.862. The number of hydrogen-bond acceptors (Lipinski definition) is 3. The van der Waals surface area contributed by atoms with Gasteiger partial charge in [0.2, 0.25) is 0 Å². The van der Waals surface area contributed by atoms with Crippen molar-refractivity contribution in [2.24, 2.45) is 0 Å². The van der Waals surface area contributed by atoms with E-state index in [-0.39, 0.29) is 12.3 Å². The molecule has 0 fully saturated rings. The van der Waals surface area contributed by atoms with Crippen molar-refractivity contribution in [1.29, 1.82) is 0 Å². The van der Waals surface area contributed by atoms with Crippen molar-refractivity contribution in [1.82, 2.24) is 0 Å².